The number of aryl methyl sites for hydroxylation is 2. The topological polar surface area (TPSA) is 52.7 Å². The van der Waals surface area contributed by atoms with Crippen molar-refractivity contribution in [3.8, 4) is 0 Å². The molecule has 0 radical (unpaired) electrons. The Morgan fingerprint density at radius 1 is 1.08 bits per heavy atom. The molecule has 0 aromatic heterocycles. The molecule has 5 heteroatoms. The molecule has 2 saturated heterocycles. The van der Waals surface area contributed by atoms with Gasteiger partial charge < -0.3 is 15.1 Å². The SMILES string of the molecule is O=C(NCCN1CCCCC1)C1CC(=O)N(c2ccc3c(c2)CCC3)C1. The van der Waals surface area contributed by atoms with E-state index in [0.29, 0.717) is 19.5 Å². The zero-order chi connectivity index (χ0) is 17.9. The summed E-state index contributed by atoms with van der Waals surface area (Å²) in [6.45, 7) is 4.39. The molecule has 3 aliphatic rings. The summed E-state index contributed by atoms with van der Waals surface area (Å²) >= 11 is 0. The van der Waals surface area contributed by atoms with E-state index in [1.165, 1.54) is 36.8 Å². The molecule has 1 N–H and O–H groups in total. The maximum absolute atomic E-state index is 12.5. The van der Waals surface area contributed by atoms with E-state index in [4.69, 9.17) is 0 Å². The molecule has 26 heavy (non-hydrogen) atoms. The van der Waals surface area contributed by atoms with Gasteiger partial charge >= 0.3 is 0 Å². The second-order valence-corrected chi connectivity index (χ2v) is 7.91. The van der Waals surface area contributed by atoms with Crippen LogP contribution in [-0.4, -0.2) is 49.4 Å². The van der Waals surface area contributed by atoms with Crippen molar-refractivity contribution in [2.45, 2.75) is 44.9 Å². The third-order valence-electron chi connectivity index (χ3n) is 6.07. The van der Waals surface area contributed by atoms with Gasteiger partial charge in [0.15, 0.2) is 0 Å². The number of hydrogen-bond donors (Lipinski definition) is 1. The maximum atomic E-state index is 12.5. The molecule has 0 spiro atoms. The lowest BCUT2D eigenvalue weighted by atomic mass is 10.1. The zero-order valence-electron chi connectivity index (χ0n) is 15.5. The van der Waals surface area contributed by atoms with Crippen LogP contribution in [0.25, 0.3) is 0 Å². The molecule has 0 bridgehead atoms. The zero-order valence-corrected chi connectivity index (χ0v) is 15.5. The minimum absolute atomic E-state index is 0.0269. The Kier molecular flexibility index (Phi) is 5.25. The van der Waals surface area contributed by atoms with Crippen LogP contribution in [-0.2, 0) is 22.4 Å². The van der Waals surface area contributed by atoms with Crippen LogP contribution in [0, 0.1) is 5.92 Å². The van der Waals surface area contributed by atoms with Crippen molar-refractivity contribution in [2.75, 3.05) is 37.6 Å². The van der Waals surface area contributed by atoms with Gasteiger partial charge in [0.1, 0.15) is 0 Å². The third kappa shape index (κ3) is 3.78. The Hall–Kier alpha value is -1.88. The number of hydrogen-bond acceptors (Lipinski definition) is 3. The maximum Gasteiger partial charge on any atom is 0.227 e. The molecule has 2 amide bonds. The van der Waals surface area contributed by atoms with Gasteiger partial charge in [-0.3, -0.25) is 9.59 Å². The molecule has 5 nitrogen and oxygen atoms in total. The molecule has 1 aromatic carbocycles. The summed E-state index contributed by atoms with van der Waals surface area (Å²) in [4.78, 5) is 29.2. The molecule has 1 atom stereocenters. The van der Waals surface area contributed by atoms with Crippen molar-refractivity contribution in [3.63, 3.8) is 0 Å². The summed E-state index contributed by atoms with van der Waals surface area (Å²) in [7, 11) is 0. The van der Waals surface area contributed by atoms with Gasteiger partial charge in [-0.1, -0.05) is 12.5 Å². The fourth-order valence-electron chi connectivity index (χ4n) is 4.52. The number of anilines is 1. The van der Waals surface area contributed by atoms with E-state index < -0.39 is 0 Å². The van der Waals surface area contributed by atoms with Crippen molar-refractivity contribution in [3.05, 3.63) is 29.3 Å². The highest BCUT2D eigenvalue weighted by molar-refractivity contribution is 6.00. The van der Waals surface area contributed by atoms with Crippen LogP contribution in [0.4, 0.5) is 5.69 Å². The fourth-order valence-corrected chi connectivity index (χ4v) is 4.52. The number of benzene rings is 1. The van der Waals surface area contributed by atoms with Crippen LogP contribution < -0.4 is 10.2 Å². The van der Waals surface area contributed by atoms with Crippen LogP contribution in [0.3, 0.4) is 0 Å². The summed E-state index contributed by atoms with van der Waals surface area (Å²) in [6, 6.07) is 6.34. The summed E-state index contributed by atoms with van der Waals surface area (Å²) < 4.78 is 0. The van der Waals surface area contributed by atoms with E-state index in [9.17, 15) is 9.59 Å². The van der Waals surface area contributed by atoms with Crippen LogP contribution in [0.2, 0.25) is 0 Å². The first-order valence-corrected chi connectivity index (χ1v) is 10.1. The van der Waals surface area contributed by atoms with Gasteiger partial charge in [0.05, 0.1) is 5.92 Å². The van der Waals surface area contributed by atoms with Gasteiger partial charge in [0.25, 0.3) is 0 Å². The third-order valence-corrected chi connectivity index (χ3v) is 6.07. The average molecular weight is 355 g/mol. The largest absolute Gasteiger partial charge is 0.355 e. The Labute approximate surface area is 155 Å². The molecule has 2 fully saturated rings. The summed E-state index contributed by atoms with van der Waals surface area (Å²) in [6.07, 6.45) is 7.63. The van der Waals surface area contributed by atoms with Crippen LogP contribution in [0.1, 0.15) is 43.2 Å². The Bertz CT molecular complexity index is 682. The quantitative estimate of drug-likeness (QED) is 0.880. The smallest absolute Gasteiger partial charge is 0.227 e. The highest BCUT2D eigenvalue weighted by atomic mass is 16.2. The molecule has 140 valence electrons. The lowest BCUT2D eigenvalue weighted by Crippen LogP contribution is -2.40. The number of amides is 2. The number of nitrogens with zero attached hydrogens (tertiary/aromatic N) is 2. The first kappa shape index (κ1) is 17.5. The van der Waals surface area contributed by atoms with Gasteiger partial charge in [-0.25, -0.2) is 0 Å². The Balaban J connectivity index is 1.30. The van der Waals surface area contributed by atoms with Crippen molar-refractivity contribution in [1.29, 1.82) is 0 Å². The van der Waals surface area contributed by atoms with Gasteiger partial charge in [-0.05, 0) is 68.5 Å². The Morgan fingerprint density at radius 2 is 1.88 bits per heavy atom. The lowest BCUT2D eigenvalue weighted by Gasteiger charge is -2.26. The summed E-state index contributed by atoms with van der Waals surface area (Å²) in [5, 5.41) is 3.05. The van der Waals surface area contributed by atoms with Crippen molar-refractivity contribution in [1.82, 2.24) is 10.2 Å². The minimum Gasteiger partial charge on any atom is -0.355 e. The first-order chi connectivity index (χ1) is 12.7. The van der Waals surface area contributed by atoms with E-state index in [1.807, 2.05) is 6.07 Å². The summed E-state index contributed by atoms with van der Waals surface area (Å²) in [5.74, 6) is -0.129. The van der Waals surface area contributed by atoms with Gasteiger partial charge in [-0.2, -0.15) is 0 Å². The fraction of sp³-hybridized carbons (Fsp3) is 0.619. The average Bonchev–Trinajstić information content (AvgIpc) is 3.28. The monoisotopic (exact) mass is 355 g/mol. The lowest BCUT2D eigenvalue weighted by molar-refractivity contribution is -0.126. The van der Waals surface area contributed by atoms with Crippen molar-refractivity contribution < 1.29 is 9.59 Å². The van der Waals surface area contributed by atoms with E-state index in [2.05, 4.69) is 22.3 Å². The van der Waals surface area contributed by atoms with Crippen molar-refractivity contribution >= 4 is 17.5 Å². The highest BCUT2D eigenvalue weighted by Crippen LogP contribution is 2.30. The number of nitrogens with one attached hydrogen (secondary N) is 1. The van der Waals surface area contributed by atoms with Gasteiger partial charge in [0, 0.05) is 31.7 Å². The molecule has 2 aliphatic heterocycles. The van der Waals surface area contributed by atoms with Crippen molar-refractivity contribution in [2.24, 2.45) is 5.92 Å². The second kappa shape index (κ2) is 7.78. The molecular formula is C21H29N3O2. The van der Waals surface area contributed by atoms with E-state index in [-0.39, 0.29) is 17.7 Å². The molecule has 0 saturated carbocycles. The standard InChI is InChI=1S/C21H29N3O2/c25-20-14-18(21(26)22-9-12-23-10-2-1-3-11-23)15-24(20)19-8-7-16-5-4-6-17(16)13-19/h7-8,13,18H,1-6,9-12,14-15H2,(H,22,26). The number of rotatable bonds is 5. The number of carbonyl (C=O) groups is 2. The number of likely N-dealkylation sites (tertiary alicyclic amines) is 1. The second-order valence-electron chi connectivity index (χ2n) is 7.91. The van der Waals surface area contributed by atoms with Crippen LogP contribution in [0.15, 0.2) is 18.2 Å². The van der Waals surface area contributed by atoms with E-state index in [0.717, 1.165) is 38.2 Å². The van der Waals surface area contributed by atoms with E-state index in [1.54, 1.807) is 4.90 Å². The molecule has 1 unspecified atom stereocenters. The normalized spacial score (nSPS) is 23.3. The van der Waals surface area contributed by atoms with E-state index >= 15 is 0 Å². The predicted molar refractivity (Wildman–Crippen MR) is 102 cm³/mol. The molecule has 1 aromatic rings. The molecule has 4 rings (SSSR count). The minimum atomic E-state index is -0.225. The van der Waals surface area contributed by atoms with Gasteiger partial charge in [-0.15, -0.1) is 0 Å². The molecule has 2 heterocycles. The molecule has 1 aliphatic carbocycles. The van der Waals surface area contributed by atoms with Crippen LogP contribution >= 0.6 is 0 Å². The first-order valence-electron chi connectivity index (χ1n) is 10.1. The predicted octanol–water partition coefficient (Wildman–Crippen LogP) is 2.13. The summed E-state index contributed by atoms with van der Waals surface area (Å²) in [5.41, 5.74) is 3.73. The highest BCUT2D eigenvalue weighted by Gasteiger charge is 2.35. The number of fused-ring (bicyclic) bond motifs is 1. The van der Waals surface area contributed by atoms with Crippen LogP contribution in [0.5, 0.6) is 0 Å². The van der Waals surface area contributed by atoms with Gasteiger partial charge in [0.2, 0.25) is 11.8 Å². The molecular weight excluding hydrogens is 326 g/mol. The number of carbonyl (C=O) groups excluding carboxylic acids is 2. The number of piperidine rings is 1. The Morgan fingerprint density at radius 3 is 2.73 bits per heavy atom.